The van der Waals surface area contributed by atoms with E-state index >= 15 is 0 Å². The first-order chi connectivity index (χ1) is 8.96. The fourth-order valence-electron chi connectivity index (χ4n) is 1.57. The van der Waals surface area contributed by atoms with E-state index in [1.807, 2.05) is 0 Å². The molecule has 0 fully saturated rings. The van der Waals surface area contributed by atoms with Gasteiger partial charge < -0.3 is 19.3 Å². The smallest absolute Gasteiger partial charge is 0.339 e. The normalized spacial score (nSPS) is 12.2. The van der Waals surface area contributed by atoms with Crippen LogP contribution in [-0.2, 0) is 9.53 Å². The van der Waals surface area contributed by atoms with Gasteiger partial charge in [-0.25, -0.2) is 13.6 Å². The number of hydrogen-bond acceptors (Lipinski definition) is 5. The summed E-state index contributed by atoms with van der Waals surface area (Å²) in [5.41, 5.74) is -0.549. The van der Waals surface area contributed by atoms with Gasteiger partial charge in [0, 0.05) is 11.6 Å². The van der Waals surface area contributed by atoms with Crippen LogP contribution in [0.5, 0.6) is 11.5 Å². The van der Waals surface area contributed by atoms with Crippen LogP contribution < -0.4 is 9.47 Å². The quantitative estimate of drug-likeness (QED) is 0.831. The van der Waals surface area contributed by atoms with Crippen LogP contribution in [0.15, 0.2) is 12.1 Å². The Morgan fingerprint density at radius 3 is 2.05 bits per heavy atom. The van der Waals surface area contributed by atoms with Gasteiger partial charge in [-0.3, -0.25) is 0 Å². The molecular formula is C12H14F2O5. The lowest BCUT2D eigenvalue weighted by atomic mass is 10.0. The molecule has 0 aromatic heterocycles. The predicted molar refractivity (Wildman–Crippen MR) is 61.5 cm³/mol. The molecule has 19 heavy (non-hydrogen) atoms. The highest BCUT2D eigenvalue weighted by atomic mass is 19.3. The maximum atomic E-state index is 12.9. The number of hydrogen-bond donors (Lipinski definition) is 1. The number of aliphatic hydroxyl groups excluding tert-OH is 1. The van der Waals surface area contributed by atoms with E-state index in [1.165, 1.54) is 20.3 Å². The molecular weight excluding hydrogens is 262 g/mol. The Morgan fingerprint density at radius 1 is 1.11 bits per heavy atom. The van der Waals surface area contributed by atoms with E-state index in [4.69, 9.17) is 9.47 Å². The van der Waals surface area contributed by atoms with Gasteiger partial charge in [0.15, 0.2) is 6.10 Å². The standard InChI is InChI=1S/C12H14F2O5/c1-17-8-5-9(18-2)7(11(13)14)4-6(8)10(15)12(16)19-3/h4-5,10-11,15H,1-3H3. The Bertz CT molecular complexity index is 462. The number of alkyl halides is 2. The molecule has 1 rings (SSSR count). The molecule has 0 spiro atoms. The minimum atomic E-state index is -2.82. The van der Waals surface area contributed by atoms with Crippen molar-refractivity contribution >= 4 is 5.97 Å². The number of rotatable bonds is 5. The molecule has 1 atom stereocenters. The van der Waals surface area contributed by atoms with Crippen LogP contribution in [0, 0.1) is 0 Å². The average molecular weight is 276 g/mol. The number of carbonyl (C=O) groups is 1. The number of ether oxygens (including phenoxy) is 3. The van der Waals surface area contributed by atoms with Crippen LogP contribution in [0.1, 0.15) is 23.7 Å². The number of aliphatic hydroxyl groups is 1. The molecule has 7 heteroatoms. The Morgan fingerprint density at radius 2 is 1.63 bits per heavy atom. The van der Waals surface area contributed by atoms with Crippen molar-refractivity contribution < 1.29 is 32.9 Å². The van der Waals surface area contributed by atoms with Crippen molar-refractivity contribution in [2.45, 2.75) is 12.5 Å². The van der Waals surface area contributed by atoms with E-state index in [1.54, 1.807) is 0 Å². The lowest BCUT2D eigenvalue weighted by molar-refractivity contribution is -0.150. The fraction of sp³-hybridized carbons (Fsp3) is 0.417. The summed E-state index contributed by atoms with van der Waals surface area (Å²) >= 11 is 0. The van der Waals surface area contributed by atoms with Gasteiger partial charge in [0.1, 0.15) is 11.5 Å². The first kappa shape index (κ1) is 15.2. The first-order valence-corrected chi connectivity index (χ1v) is 5.26. The summed E-state index contributed by atoms with van der Waals surface area (Å²) in [7, 11) is 3.59. The molecule has 1 N–H and O–H groups in total. The molecule has 0 saturated heterocycles. The topological polar surface area (TPSA) is 65.0 Å². The van der Waals surface area contributed by atoms with E-state index in [-0.39, 0.29) is 17.1 Å². The van der Waals surface area contributed by atoms with Gasteiger partial charge in [0.25, 0.3) is 6.43 Å². The molecule has 1 aromatic carbocycles. The van der Waals surface area contributed by atoms with Gasteiger partial charge in [0.2, 0.25) is 0 Å². The molecule has 0 aliphatic heterocycles. The second-order valence-corrected chi connectivity index (χ2v) is 3.56. The minimum Gasteiger partial charge on any atom is -0.496 e. The van der Waals surface area contributed by atoms with Gasteiger partial charge >= 0.3 is 5.97 Å². The second kappa shape index (κ2) is 6.33. The highest BCUT2D eigenvalue weighted by Crippen LogP contribution is 2.37. The molecule has 0 saturated carbocycles. The van der Waals surface area contributed by atoms with Crippen molar-refractivity contribution in [1.82, 2.24) is 0 Å². The highest BCUT2D eigenvalue weighted by Gasteiger charge is 2.26. The van der Waals surface area contributed by atoms with Crippen molar-refractivity contribution in [3.63, 3.8) is 0 Å². The maximum Gasteiger partial charge on any atom is 0.339 e. The number of benzene rings is 1. The lowest BCUT2D eigenvalue weighted by Gasteiger charge is -2.17. The van der Waals surface area contributed by atoms with Crippen molar-refractivity contribution in [3.8, 4) is 11.5 Å². The Labute approximate surface area is 108 Å². The van der Waals surface area contributed by atoms with E-state index in [9.17, 15) is 18.7 Å². The van der Waals surface area contributed by atoms with Crippen molar-refractivity contribution in [2.75, 3.05) is 21.3 Å². The molecule has 0 amide bonds. The molecule has 0 radical (unpaired) electrons. The zero-order valence-electron chi connectivity index (χ0n) is 10.6. The third kappa shape index (κ3) is 3.11. The van der Waals surface area contributed by atoms with Crippen LogP contribution in [-0.4, -0.2) is 32.4 Å². The predicted octanol–water partition coefficient (Wildman–Crippen LogP) is 1.85. The maximum absolute atomic E-state index is 12.9. The summed E-state index contributed by atoms with van der Waals surface area (Å²) in [5, 5.41) is 9.73. The summed E-state index contributed by atoms with van der Waals surface area (Å²) in [5.74, 6) is -1.00. The third-order valence-corrected chi connectivity index (χ3v) is 2.54. The molecule has 0 bridgehead atoms. The van der Waals surface area contributed by atoms with Crippen LogP contribution in [0.3, 0.4) is 0 Å². The van der Waals surface area contributed by atoms with E-state index in [0.29, 0.717) is 0 Å². The average Bonchev–Trinajstić information content (AvgIpc) is 2.43. The van der Waals surface area contributed by atoms with Crippen LogP contribution in [0.25, 0.3) is 0 Å². The number of halogens is 2. The van der Waals surface area contributed by atoms with Crippen molar-refractivity contribution in [1.29, 1.82) is 0 Å². The van der Waals surface area contributed by atoms with Crippen molar-refractivity contribution in [3.05, 3.63) is 23.3 Å². The van der Waals surface area contributed by atoms with Crippen molar-refractivity contribution in [2.24, 2.45) is 0 Å². The highest BCUT2D eigenvalue weighted by molar-refractivity contribution is 5.77. The summed E-state index contributed by atoms with van der Waals surface area (Å²) in [6.45, 7) is 0. The van der Waals surface area contributed by atoms with Gasteiger partial charge in [-0.15, -0.1) is 0 Å². The molecule has 0 aliphatic rings. The van der Waals surface area contributed by atoms with Gasteiger partial charge in [-0.1, -0.05) is 0 Å². The summed E-state index contributed by atoms with van der Waals surface area (Å²) in [6.07, 6.45) is -4.52. The third-order valence-electron chi connectivity index (χ3n) is 2.54. The molecule has 5 nitrogen and oxygen atoms in total. The van der Waals surface area contributed by atoms with Gasteiger partial charge in [-0.05, 0) is 6.07 Å². The fourth-order valence-corrected chi connectivity index (χ4v) is 1.57. The number of methoxy groups -OCH3 is 3. The molecule has 1 aromatic rings. The van der Waals surface area contributed by atoms with E-state index < -0.39 is 24.1 Å². The molecule has 0 aliphatic carbocycles. The molecule has 1 unspecified atom stereocenters. The van der Waals surface area contributed by atoms with E-state index in [0.717, 1.165) is 13.2 Å². The van der Waals surface area contributed by atoms with Crippen LogP contribution >= 0.6 is 0 Å². The Hall–Kier alpha value is -1.89. The Balaban J connectivity index is 3.37. The SMILES string of the molecule is COC(=O)C(O)c1cc(C(F)F)c(OC)cc1OC. The number of esters is 1. The van der Waals surface area contributed by atoms with E-state index in [2.05, 4.69) is 4.74 Å². The largest absolute Gasteiger partial charge is 0.496 e. The van der Waals surface area contributed by atoms with Gasteiger partial charge in [-0.2, -0.15) is 0 Å². The van der Waals surface area contributed by atoms with Crippen LogP contribution in [0.4, 0.5) is 8.78 Å². The van der Waals surface area contributed by atoms with Gasteiger partial charge in [0.05, 0.1) is 26.9 Å². The summed E-state index contributed by atoms with van der Waals surface area (Å²) in [4.78, 5) is 11.3. The first-order valence-electron chi connectivity index (χ1n) is 5.26. The lowest BCUT2D eigenvalue weighted by Crippen LogP contribution is -2.15. The summed E-state index contributed by atoms with van der Waals surface area (Å²) < 4.78 is 39.8. The Kier molecular flexibility index (Phi) is 5.05. The monoisotopic (exact) mass is 276 g/mol. The zero-order valence-corrected chi connectivity index (χ0v) is 10.6. The number of carbonyl (C=O) groups excluding carboxylic acids is 1. The van der Waals surface area contributed by atoms with Crippen LogP contribution in [0.2, 0.25) is 0 Å². The minimum absolute atomic E-state index is 0.0548. The molecule has 0 heterocycles. The second-order valence-electron chi connectivity index (χ2n) is 3.56. The molecule has 106 valence electrons. The zero-order chi connectivity index (χ0) is 14.6. The summed E-state index contributed by atoms with van der Waals surface area (Å²) in [6, 6.07) is 2.15.